The molecule has 0 spiro atoms. The number of halogens is 1. The molecule has 2 aromatic carbocycles. The molecule has 0 radical (unpaired) electrons. The molecule has 0 saturated heterocycles. The zero-order valence-corrected chi connectivity index (χ0v) is 17.2. The number of imide groups is 1. The molecule has 2 N–H and O–H groups in total. The van der Waals surface area contributed by atoms with Gasteiger partial charge in [-0.15, -0.1) is 10.2 Å². The quantitative estimate of drug-likeness (QED) is 0.558. The molecule has 3 rings (SSSR count). The average Bonchev–Trinajstić information content (AvgIpc) is 3.17. The predicted molar refractivity (Wildman–Crippen MR) is 112 cm³/mol. The number of nitrogens with one attached hydrogen (secondary N) is 2. The van der Waals surface area contributed by atoms with Gasteiger partial charge in [0.1, 0.15) is 11.6 Å². The van der Waals surface area contributed by atoms with Crippen molar-refractivity contribution in [1.82, 2.24) is 20.1 Å². The van der Waals surface area contributed by atoms with Gasteiger partial charge in [-0.05, 0) is 43.3 Å². The van der Waals surface area contributed by atoms with Crippen molar-refractivity contribution in [1.29, 1.82) is 0 Å². The maximum absolute atomic E-state index is 13.6. The highest BCUT2D eigenvalue weighted by Crippen LogP contribution is 2.25. The van der Waals surface area contributed by atoms with Crippen LogP contribution in [0.4, 0.5) is 14.9 Å². The first-order valence-corrected chi connectivity index (χ1v) is 10.1. The Bertz CT molecular complexity index is 1040. The van der Waals surface area contributed by atoms with Crippen LogP contribution in [0.3, 0.4) is 0 Å². The zero-order valence-electron chi connectivity index (χ0n) is 16.4. The van der Waals surface area contributed by atoms with Gasteiger partial charge in [-0.25, -0.2) is 9.18 Å². The minimum absolute atomic E-state index is 0.00897. The predicted octanol–water partition coefficient (Wildman–Crippen LogP) is 3.55. The third kappa shape index (κ3) is 5.15. The molecule has 3 aromatic rings. The lowest BCUT2D eigenvalue weighted by Gasteiger charge is -2.09. The average molecular weight is 429 g/mol. The molecule has 8 nitrogen and oxygen atoms in total. The molecule has 0 bridgehead atoms. The van der Waals surface area contributed by atoms with E-state index in [0.717, 1.165) is 23.1 Å². The van der Waals surface area contributed by atoms with Crippen LogP contribution in [0, 0.1) is 5.82 Å². The Kier molecular flexibility index (Phi) is 7.02. The van der Waals surface area contributed by atoms with Gasteiger partial charge in [0.2, 0.25) is 5.91 Å². The Balaban J connectivity index is 1.60. The van der Waals surface area contributed by atoms with E-state index in [0.29, 0.717) is 17.5 Å². The van der Waals surface area contributed by atoms with Gasteiger partial charge in [-0.1, -0.05) is 23.9 Å². The van der Waals surface area contributed by atoms with Gasteiger partial charge in [0.25, 0.3) is 0 Å². The summed E-state index contributed by atoms with van der Waals surface area (Å²) >= 11 is 1.15. The summed E-state index contributed by atoms with van der Waals surface area (Å²) in [7, 11) is 1.60. The Labute approximate surface area is 176 Å². The summed E-state index contributed by atoms with van der Waals surface area (Å²) < 4.78 is 20.6. The van der Waals surface area contributed by atoms with E-state index in [1.54, 1.807) is 13.2 Å². The fourth-order valence-corrected chi connectivity index (χ4v) is 3.45. The van der Waals surface area contributed by atoms with E-state index >= 15 is 0 Å². The highest BCUT2D eigenvalue weighted by atomic mass is 32.2. The van der Waals surface area contributed by atoms with Gasteiger partial charge in [0, 0.05) is 12.1 Å². The fourth-order valence-electron chi connectivity index (χ4n) is 2.64. The number of benzene rings is 2. The number of methoxy groups -OCH3 is 1. The first-order valence-electron chi connectivity index (χ1n) is 9.07. The Morgan fingerprint density at radius 2 is 1.87 bits per heavy atom. The molecule has 0 saturated carbocycles. The third-order valence-electron chi connectivity index (χ3n) is 4.09. The van der Waals surface area contributed by atoms with Crippen molar-refractivity contribution in [3.05, 3.63) is 54.3 Å². The third-order valence-corrected chi connectivity index (χ3v) is 5.06. The lowest BCUT2D eigenvalue weighted by atomic mass is 10.2. The number of ether oxygens (including phenoxy) is 1. The van der Waals surface area contributed by atoms with Crippen molar-refractivity contribution >= 4 is 29.4 Å². The van der Waals surface area contributed by atoms with Crippen LogP contribution in [-0.2, 0) is 11.3 Å². The number of aromatic nitrogens is 3. The van der Waals surface area contributed by atoms with Crippen molar-refractivity contribution in [3.8, 4) is 17.1 Å². The minimum atomic E-state index is -0.804. The Morgan fingerprint density at radius 3 is 2.53 bits per heavy atom. The van der Waals surface area contributed by atoms with Crippen LogP contribution in [0.1, 0.15) is 6.92 Å². The number of carbonyl (C=O) groups is 2. The molecule has 156 valence electrons. The summed E-state index contributed by atoms with van der Waals surface area (Å²) in [6.07, 6.45) is 0. The van der Waals surface area contributed by atoms with E-state index in [-0.39, 0.29) is 11.4 Å². The van der Waals surface area contributed by atoms with E-state index in [2.05, 4.69) is 20.8 Å². The van der Waals surface area contributed by atoms with Gasteiger partial charge in [0.15, 0.2) is 11.0 Å². The number of amides is 3. The lowest BCUT2D eigenvalue weighted by molar-refractivity contribution is -0.117. The second kappa shape index (κ2) is 9.88. The first kappa shape index (κ1) is 21.3. The molecule has 0 fully saturated rings. The Hall–Kier alpha value is -3.40. The second-order valence-corrected chi connectivity index (χ2v) is 6.99. The van der Waals surface area contributed by atoms with E-state index < -0.39 is 17.8 Å². The normalized spacial score (nSPS) is 10.5. The minimum Gasteiger partial charge on any atom is -0.497 e. The molecular formula is C20H20FN5O3S. The number of hydrogen-bond acceptors (Lipinski definition) is 6. The summed E-state index contributed by atoms with van der Waals surface area (Å²) in [5.74, 6) is 0.231. The maximum Gasteiger partial charge on any atom is 0.325 e. The molecule has 0 atom stereocenters. The number of hydrogen-bond donors (Lipinski definition) is 2. The largest absolute Gasteiger partial charge is 0.497 e. The number of anilines is 1. The van der Waals surface area contributed by atoms with E-state index in [4.69, 9.17) is 4.74 Å². The standard InChI is InChI=1S/C20H20FN5O3S/c1-3-26-18(13-8-10-14(29-2)11-9-13)24-25-20(26)30-12-17(27)23-19(28)22-16-7-5-4-6-15(16)21/h4-11H,3,12H2,1-2H3,(H2,22,23,27,28). The fraction of sp³-hybridized carbons (Fsp3) is 0.200. The Morgan fingerprint density at radius 1 is 1.13 bits per heavy atom. The van der Waals surface area contributed by atoms with Gasteiger partial charge < -0.3 is 14.6 Å². The molecule has 0 aliphatic carbocycles. The van der Waals surface area contributed by atoms with Crippen LogP contribution in [0.25, 0.3) is 11.4 Å². The number of rotatable bonds is 7. The molecule has 10 heteroatoms. The van der Waals surface area contributed by atoms with Crippen LogP contribution in [-0.4, -0.2) is 39.6 Å². The number of thioether (sulfide) groups is 1. The molecule has 0 unspecified atom stereocenters. The van der Waals surface area contributed by atoms with Crippen molar-refractivity contribution in [2.24, 2.45) is 0 Å². The molecule has 30 heavy (non-hydrogen) atoms. The zero-order chi connectivity index (χ0) is 21.5. The van der Waals surface area contributed by atoms with Gasteiger partial charge in [-0.2, -0.15) is 0 Å². The summed E-state index contributed by atoms with van der Waals surface area (Å²) in [5, 5.41) is 13.4. The van der Waals surface area contributed by atoms with E-state index in [1.807, 2.05) is 35.8 Å². The molecule has 0 aliphatic heterocycles. The van der Waals surface area contributed by atoms with Crippen LogP contribution in [0.2, 0.25) is 0 Å². The van der Waals surface area contributed by atoms with E-state index in [9.17, 15) is 14.0 Å². The molecule has 1 heterocycles. The van der Waals surface area contributed by atoms with Crippen LogP contribution >= 0.6 is 11.8 Å². The number of nitrogens with zero attached hydrogens (tertiary/aromatic N) is 3. The summed E-state index contributed by atoms with van der Waals surface area (Å²) in [6, 6.07) is 12.3. The molecule has 1 aromatic heterocycles. The highest BCUT2D eigenvalue weighted by molar-refractivity contribution is 7.99. The van der Waals surface area contributed by atoms with Gasteiger partial charge in [-0.3, -0.25) is 10.1 Å². The second-order valence-electron chi connectivity index (χ2n) is 6.05. The van der Waals surface area contributed by atoms with Crippen molar-refractivity contribution in [3.63, 3.8) is 0 Å². The number of urea groups is 1. The summed E-state index contributed by atoms with van der Waals surface area (Å²) in [6.45, 7) is 2.55. The van der Waals surface area contributed by atoms with Crippen molar-refractivity contribution in [2.75, 3.05) is 18.2 Å². The topological polar surface area (TPSA) is 98.1 Å². The monoisotopic (exact) mass is 429 g/mol. The highest BCUT2D eigenvalue weighted by Gasteiger charge is 2.16. The molecule has 3 amide bonds. The van der Waals surface area contributed by atoms with Gasteiger partial charge >= 0.3 is 6.03 Å². The SMILES string of the molecule is CCn1c(SCC(=O)NC(=O)Nc2ccccc2F)nnc1-c1ccc(OC)cc1. The summed E-state index contributed by atoms with van der Waals surface area (Å²) in [4.78, 5) is 24.0. The molecular weight excluding hydrogens is 409 g/mol. The van der Waals surface area contributed by atoms with Crippen LogP contribution in [0.5, 0.6) is 5.75 Å². The van der Waals surface area contributed by atoms with Gasteiger partial charge in [0.05, 0.1) is 18.6 Å². The molecule has 0 aliphatic rings. The maximum atomic E-state index is 13.6. The van der Waals surface area contributed by atoms with Crippen LogP contribution < -0.4 is 15.4 Å². The first-order chi connectivity index (χ1) is 14.5. The summed E-state index contributed by atoms with van der Waals surface area (Å²) in [5.41, 5.74) is 0.857. The lowest BCUT2D eigenvalue weighted by Crippen LogP contribution is -2.35. The number of carbonyl (C=O) groups excluding carboxylic acids is 2. The van der Waals surface area contributed by atoms with E-state index in [1.165, 1.54) is 18.2 Å². The smallest absolute Gasteiger partial charge is 0.325 e. The number of para-hydroxylation sites is 1. The van der Waals surface area contributed by atoms with Crippen LogP contribution in [0.15, 0.2) is 53.7 Å². The van der Waals surface area contributed by atoms with Crippen molar-refractivity contribution in [2.45, 2.75) is 18.6 Å². The van der Waals surface area contributed by atoms with Crippen molar-refractivity contribution < 1.29 is 18.7 Å².